The molecule has 1 N–H and O–H groups in total. The highest BCUT2D eigenvalue weighted by molar-refractivity contribution is 6.33. The molecule has 124 valence electrons. The molecule has 0 fully saturated rings. The molecule has 0 saturated heterocycles. The molecule has 0 bridgehead atoms. The van der Waals surface area contributed by atoms with E-state index in [1.807, 2.05) is 24.3 Å². The SMILES string of the molecule is Clc1ccc(C2CCc3nnc(-c4ccc5n[nH]c(Cl)c5n4)n32)cc1. The van der Waals surface area contributed by atoms with Gasteiger partial charge in [0, 0.05) is 11.4 Å². The van der Waals surface area contributed by atoms with Crippen LogP contribution in [0.4, 0.5) is 0 Å². The van der Waals surface area contributed by atoms with E-state index in [2.05, 4.69) is 42.1 Å². The van der Waals surface area contributed by atoms with E-state index in [4.69, 9.17) is 23.2 Å². The summed E-state index contributed by atoms with van der Waals surface area (Å²) in [5.41, 5.74) is 3.28. The number of hydrogen-bond acceptors (Lipinski definition) is 4. The van der Waals surface area contributed by atoms with Gasteiger partial charge in [0.2, 0.25) is 0 Å². The Balaban J connectivity index is 1.64. The van der Waals surface area contributed by atoms with Crippen molar-refractivity contribution in [1.82, 2.24) is 29.9 Å². The number of H-pyrrole nitrogens is 1. The molecular formula is C17H12Cl2N6. The predicted octanol–water partition coefficient (Wildman–Crippen LogP) is 4.06. The van der Waals surface area contributed by atoms with Crippen LogP contribution < -0.4 is 0 Å². The zero-order chi connectivity index (χ0) is 17.0. The van der Waals surface area contributed by atoms with Crippen molar-refractivity contribution in [3.05, 3.63) is 58.0 Å². The lowest BCUT2D eigenvalue weighted by Gasteiger charge is -2.15. The third-order valence-corrected chi connectivity index (χ3v) is 5.08. The fourth-order valence-electron chi connectivity index (χ4n) is 3.38. The Morgan fingerprint density at radius 3 is 2.72 bits per heavy atom. The molecule has 1 aliphatic heterocycles. The van der Waals surface area contributed by atoms with Crippen molar-refractivity contribution in [3.8, 4) is 11.5 Å². The van der Waals surface area contributed by atoms with Crippen molar-refractivity contribution in [3.63, 3.8) is 0 Å². The van der Waals surface area contributed by atoms with Gasteiger partial charge in [-0.15, -0.1) is 10.2 Å². The Morgan fingerprint density at radius 1 is 1.04 bits per heavy atom. The highest BCUT2D eigenvalue weighted by atomic mass is 35.5. The summed E-state index contributed by atoms with van der Waals surface area (Å²) in [7, 11) is 0. The molecule has 0 radical (unpaired) electrons. The maximum atomic E-state index is 6.13. The van der Waals surface area contributed by atoms with Crippen LogP contribution in [0.2, 0.25) is 10.2 Å². The first kappa shape index (κ1) is 14.9. The summed E-state index contributed by atoms with van der Waals surface area (Å²) in [5.74, 6) is 1.71. The highest BCUT2D eigenvalue weighted by Crippen LogP contribution is 2.35. The minimum absolute atomic E-state index is 0.176. The molecule has 8 heteroatoms. The lowest BCUT2D eigenvalue weighted by molar-refractivity contribution is 0.621. The van der Waals surface area contributed by atoms with E-state index in [1.54, 1.807) is 0 Å². The van der Waals surface area contributed by atoms with Gasteiger partial charge in [0.15, 0.2) is 11.0 Å². The molecule has 0 amide bonds. The van der Waals surface area contributed by atoms with Gasteiger partial charge >= 0.3 is 0 Å². The van der Waals surface area contributed by atoms with E-state index < -0.39 is 0 Å². The molecule has 1 unspecified atom stereocenters. The second-order valence-electron chi connectivity index (χ2n) is 6.02. The number of nitrogens with one attached hydrogen (secondary N) is 1. The molecule has 0 saturated carbocycles. The molecule has 4 heterocycles. The van der Waals surface area contributed by atoms with E-state index in [0.29, 0.717) is 10.7 Å². The van der Waals surface area contributed by atoms with Gasteiger partial charge in [-0.05, 0) is 36.2 Å². The number of nitrogens with zero attached hydrogens (tertiary/aromatic N) is 5. The number of fused-ring (bicyclic) bond motifs is 2. The number of pyridine rings is 1. The largest absolute Gasteiger partial charge is 0.302 e. The van der Waals surface area contributed by atoms with Crippen molar-refractivity contribution in [2.75, 3.05) is 0 Å². The zero-order valence-electron chi connectivity index (χ0n) is 12.9. The summed E-state index contributed by atoms with van der Waals surface area (Å²) >= 11 is 12.1. The summed E-state index contributed by atoms with van der Waals surface area (Å²) in [5, 5.41) is 16.7. The molecular weight excluding hydrogens is 359 g/mol. The minimum Gasteiger partial charge on any atom is -0.302 e. The third-order valence-electron chi connectivity index (χ3n) is 4.56. The zero-order valence-corrected chi connectivity index (χ0v) is 14.5. The van der Waals surface area contributed by atoms with Crippen LogP contribution >= 0.6 is 23.2 Å². The maximum Gasteiger partial charge on any atom is 0.183 e. The molecule has 5 rings (SSSR count). The van der Waals surface area contributed by atoms with Crippen LogP contribution in [-0.4, -0.2) is 29.9 Å². The summed E-state index contributed by atoms with van der Waals surface area (Å²) in [6.45, 7) is 0. The second kappa shape index (κ2) is 5.54. The first-order chi connectivity index (χ1) is 12.2. The Kier molecular flexibility index (Phi) is 3.29. The first-order valence-corrected chi connectivity index (χ1v) is 8.66. The fraction of sp³-hybridized carbons (Fsp3) is 0.176. The van der Waals surface area contributed by atoms with Crippen LogP contribution in [-0.2, 0) is 6.42 Å². The molecule has 6 nitrogen and oxygen atoms in total. The molecule has 0 spiro atoms. The number of hydrogen-bond donors (Lipinski definition) is 1. The van der Waals surface area contributed by atoms with Gasteiger partial charge in [0.1, 0.15) is 22.6 Å². The van der Waals surface area contributed by atoms with E-state index in [0.717, 1.165) is 40.7 Å². The van der Waals surface area contributed by atoms with Gasteiger partial charge in [-0.25, -0.2) is 4.98 Å². The predicted molar refractivity (Wildman–Crippen MR) is 95.8 cm³/mol. The average Bonchev–Trinajstić information content (AvgIpc) is 3.31. The molecule has 1 atom stereocenters. The van der Waals surface area contributed by atoms with Crippen molar-refractivity contribution in [2.24, 2.45) is 0 Å². The van der Waals surface area contributed by atoms with E-state index in [9.17, 15) is 0 Å². The van der Waals surface area contributed by atoms with Gasteiger partial charge in [-0.1, -0.05) is 35.3 Å². The molecule has 0 aliphatic carbocycles. The van der Waals surface area contributed by atoms with Crippen LogP contribution in [0.25, 0.3) is 22.6 Å². The van der Waals surface area contributed by atoms with Crippen LogP contribution in [0.3, 0.4) is 0 Å². The molecule has 1 aromatic carbocycles. The van der Waals surface area contributed by atoms with Gasteiger partial charge in [0.05, 0.1) is 6.04 Å². The summed E-state index contributed by atoms with van der Waals surface area (Å²) in [6, 6.07) is 11.9. The van der Waals surface area contributed by atoms with Crippen molar-refractivity contribution < 1.29 is 0 Å². The summed E-state index contributed by atoms with van der Waals surface area (Å²) in [6.07, 6.45) is 1.86. The third kappa shape index (κ3) is 2.33. The number of aryl methyl sites for hydroxylation is 1. The number of rotatable bonds is 2. The van der Waals surface area contributed by atoms with Crippen LogP contribution in [0.1, 0.15) is 23.9 Å². The maximum absolute atomic E-state index is 6.13. The Bertz CT molecular complexity index is 1080. The van der Waals surface area contributed by atoms with Gasteiger partial charge < -0.3 is 4.57 Å². The Morgan fingerprint density at radius 2 is 1.88 bits per heavy atom. The lowest BCUT2D eigenvalue weighted by atomic mass is 10.0. The highest BCUT2D eigenvalue weighted by Gasteiger charge is 2.29. The summed E-state index contributed by atoms with van der Waals surface area (Å²) < 4.78 is 2.16. The van der Waals surface area contributed by atoms with Crippen molar-refractivity contribution in [1.29, 1.82) is 0 Å². The van der Waals surface area contributed by atoms with Gasteiger partial charge in [-0.3, -0.25) is 5.10 Å². The summed E-state index contributed by atoms with van der Waals surface area (Å²) in [4.78, 5) is 4.63. The van der Waals surface area contributed by atoms with Crippen molar-refractivity contribution in [2.45, 2.75) is 18.9 Å². The minimum atomic E-state index is 0.176. The molecule has 4 aromatic rings. The standard InChI is InChI=1S/C17H12Cl2N6/c18-10-3-1-9(2-4-10)13-7-8-14-22-24-17(25(13)14)12-6-5-11-15(20-12)16(19)23-21-11/h1-6,13H,7-8H2,(H,21,23). The topological polar surface area (TPSA) is 72.3 Å². The second-order valence-corrected chi connectivity index (χ2v) is 6.83. The van der Waals surface area contributed by atoms with E-state index in [1.165, 1.54) is 5.56 Å². The first-order valence-electron chi connectivity index (χ1n) is 7.91. The van der Waals surface area contributed by atoms with Crippen molar-refractivity contribution >= 4 is 34.2 Å². The molecule has 25 heavy (non-hydrogen) atoms. The number of aromatic nitrogens is 6. The average molecular weight is 371 g/mol. The molecule has 1 aliphatic rings. The number of aromatic amines is 1. The smallest absolute Gasteiger partial charge is 0.183 e. The quantitative estimate of drug-likeness (QED) is 0.577. The normalized spacial score (nSPS) is 16.5. The van der Waals surface area contributed by atoms with Crippen LogP contribution in [0.5, 0.6) is 0 Å². The Hall–Kier alpha value is -2.44. The lowest BCUT2D eigenvalue weighted by Crippen LogP contribution is -2.08. The number of benzene rings is 1. The van der Waals surface area contributed by atoms with Crippen LogP contribution in [0, 0.1) is 0 Å². The number of halogens is 2. The van der Waals surface area contributed by atoms with E-state index in [-0.39, 0.29) is 6.04 Å². The fourth-order valence-corrected chi connectivity index (χ4v) is 3.69. The van der Waals surface area contributed by atoms with E-state index >= 15 is 0 Å². The molecule has 3 aromatic heterocycles. The monoisotopic (exact) mass is 370 g/mol. The Labute approximate surface area is 152 Å². The van der Waals surface area contributed by atoms with Gasteiger partial charge in [0.25, 0.3) is 0 Å². The van der Waals surface area contributed by atoms with Crippen LogP contribution in [0.15, 0.2) is 36.4 Å². The van der Waals surface area contributed by atoms with Gasteiger partial charge in [-0.2, -0.15) is 5.10 Å².